The molecule has 5 heteroatoms. The van der Waals surface area contributed by atoms with Crippen LogP contribution in [0, 0.1) is 5.41 Å². The van der Waals surface area contributed by atoms with Gasteiger partial charge in [-0.25, -0.2) is 0 Å². The highest BCUT2D eigenvalue weighted by atomic mass is 79.9. The van der Waals surface area contributed by atoms with Crippen molar-refractivity contribution in [3.8, 4) is 0 Å². The number of hydrogen-bond donors (Lipinski definition) is 0. The molecule has 2 rings (SSSR count). The molecule has 0 aliphatic heterocycles. The van der Waals surface area contributed by atoms with Gasteiger partial charge < -0.3 is 4.74 Å². The van der Waals surface area contributed by atoms with Crippen molar-refractivity contribution in [1.82, 2.24) is 9.78 Å². The second kappa shape index (κ2) is 6.21. The highest BCUT2D eigenvalue weighted by molar-refractivity contribution is 9.10. The van der Waals surface area contributed by atoms with Gasteiger partial charge in [0.2, 0.25) is 5.78 Å². The third kappa shape index (κ3) is 3.24. The van der Waals surface area contributed by atoms with Gasteiger partial charge in [0.1, 0.15) is 11.3 Å². The van der Waals surface area contributed by atoms with Crippen molar-refractivity contribution in [2.75, 3.05) is 7.11 Å². The van der Waals surface area contributed by atoms with E-state index in [-0.39, 0.29) is 5.78 Å². The Labute approximate surface area is 135 Å². The van der Waals surface area contributed by atoms with Gasteiger partial charge in [-0.05, 0) is 53.4 Å². The zero-order chi connectivity index (χ0) is 15.7. The third-order valence-corrected chi connectivity index (χ3v) is 5.24. The number of nitrogens with zero attached hydrogens (tertiary/aromatic N) is 2. The second-order valence-corrected chi connectivity index (χ2v) is 7.61. The van der Waals surface area contributed by atoms with Gasteiger partial charge in [0.05, 0.1) is 10.7 Å². The van der Waals surface area contributed by atoms with Gasteiger partial charge in [0, 0.05) is 13.7 Å². The minimum atomic E-state index is -0.691. The monoisotopic (exact) mass is 356 g/mol. The molecule has 118 valence electrons. The molecular weight excluding hydrogens is 332 g/mol. The van der Waals surface area contributed by atoms with Crippen LogP contribution in [0.5, 0.6) is 0 Å². The minimum Gasteiger partial charge on any atom is -0.370 e. The molecule has 0 radical (unpaired) electrons. The van der Waals surface area contributed by atoms with Gasteiger partial charge >= 0.3 is 0 Å². The van der Waals surface area contributed by atoms with E-state index < -0.39 is 5.60 Å². The van der Waals surface area contributed by atoms with E-state index in [4.69, 9.17) is 4.74 Å². The summed E-state index contributed by atoms with van der Waals surface area (Å²) in [6.07, 6.45) is 6.22. The highest BCUT2D eigenvalue weighted by Gasteiger charge is 2.46. The van der Waals surface area contributed by atoms with E-state index in [2.05, 4.69) is 41.8 Å². The van der Waals surface area contributed by atoms with Crippen LogP contribution in [0.25, 0.3) is 0 Å². The van der Waals surface area contributed by atoms with Gasteiger partial charge in [-0.15, -0.1) is 0 Å². The number of aromatic nitrogens is 2. The lowest BCUT2D eigenvalue weighted by atomic mass is 9.69. The smallest absolute Gasteiger partial charge is 0.213 e. The molecule has 0 bridgehead atoms. The fraction of sp³-hybridized carbons (Fsp3) is 0.750. The Morgan fingerprint density at radius 3 is 2.52 bits per heavy atom. The molecule has 1 aliphatic carbocycles. The van der Waals surface area contributed by atoms with E-state index in [1.165, 1.54) is 0 Å². The zero-order valence-corrected chi connectivity index (χ0v) is 15.0. The molecule has 1 aliphatic rings. The van der Waals surface area contributed by atoms with Gasteiger partial charge in [0.25, 0.3) is 0 Å². The lowest BCUT2D eigenvalue weighted by Crippen LogP contribution is -2.46. The molecule has 0 unspecified atom stereocenters. The number of methoxy groups -OCH3 is 1. The summed E-state index contributed by atoms with van der Waals surface area (Å²) in [4.78, 5) is 13.1. The fourth-order valence-electron chi connectivity index (χ4n) is 3.04. The molecule has 0 atom stereocenters. The maximum Gasteiger partial charge on any atom is 0.213 e. The van der Waals surface area contributed by atoms with Crippen LogP contribution < -0.4 is 0 Å². The first-order valence-electron chi connectivity index (χ1n) is 7.66. The summed E-state index contributed by atoms with van der Waals surface area (Å²) < 4.78 is 8.30. The molecule has 1 fully saturated rings. The quantitative estimate of drug-likeness (QED) is 0.741. The van der Waals surface area contributed by atoms with Crippen LogP contribution in [0.4, 0.5) is 0 Å². The number of rotatable bonds is 5. The van der Waals surface area contributed by atoms with Crippen LogP contribution >= 0.6 is 15.9 Å². The number of aryl methyl sites for hydroxylation is 1. The normalized spacial score (nSPS) is 20.4. The second-order valence-electron chi connectivity index (χ2n) is 6.76. The van der Waals surface area contributed by atoms with Crippen LogP contribution in [0.15, 0.2) is 10.7 Å². The average molecular weight is 357 g/mol. The zero-order valence-electron chi connectivity index (χ0n) is 13.4. The number of hydrogen-bond acceptors (Lipinski definition) is 3. The number of Topliss-reactive ketones (excluding diaryl/α,β-unsaturated/α-hetero) is 1. The Bertz CT molecular complexity index is 512. The van der Waals surface area contributed by atoms with E-state index in [9.17, 15) is 4.79 Å². The molecular formula is C16H25BrN2O2. The van der Waals surface area contributed by atoms with Crippen molar-refractivity contribution in [3.05, 3.63) is 16.4 Å². The topological polar surface area (TPSA) is 44.1 Å². The summed E-state index contributed by atoms with van der Waals surface area (Å²) >= 11 is 3.47. The van der Waals surface area contributed by atoms with Crippen LogP contribution in [0.3, 0.4) is 0 Å². The lowest BCUT2D eigenvalue weighted by molar-refractivity contribution is -0.0389. The molecule has 0 amide bonds. The molecule has 4 nitrogen and oxygen atoms in total. The maximum atomic E-state index is 13.1. The third-order valence-electron chi connectivity index (χ3n) is 4.66. The lowest BCUT2D eigenvalue weighted by Gasteiger charge is -2.41. The Morgan fingerprint density at radius 2 is 2.00 bits per heavy atom. The van der Waals surface area contributed by atoms with E-state index in [0.717, 1.165) is 43.1 Å². The summed E-state index contributed by atoms with van der Waals surface area (Å²) in [5, 5.41) is 4.31. The molecule has 1 aromatic rings. The van der Waals surface area contributed by atoms with E-state index in [1.807, 2.05) is 0 Å². The fourth-order valence-corrected chi connectivity index (χ4v) is 3.52. The number of carbonyl (C=O) groups is 1. The average Bonchev–Trinajstić information content (AvgIpc) is 2.80. The van der Waals surface area contributed by atoms with Crippen molar-refractivity contribution in [3.63, 3.8) is 0 Å². The summed E-state index contributed by atoms with van der Waals surface area (Å²) in [6, 6.07) is 0. The molecule has 21 heavy (non-hydrogen) atoms. The first-order valence-corrected chi connectivity index (χ1v) is 8.46. The van der Waals surface area contributed by atoms with Crippen LogP contribution in [-0.4, -0.2) is 28.3 Å². The molecule has 0 aromatic carbocycles. The Hall–Kier alpha value is -0.680. The molecule has 1 saturated carbocycles. The first kappa shape index (κ1) is 16.7. The minimum absolute atomic E-state index is 0.0679. The first-order chi connectivity index (χ1) is 9.85. The van der Waals surface area contributed by atoms with Gasteiger partial charge in [-0.1, -0.05) is 20.8 Å². The summed E-state index contributed by atoms with van der Waals surface area (Å²) in [5.74, 6) is 0.0679. The molecule has 0 spiro atoms. The van der Waals surface area contributed by atoms with E-state index in [1.54, 1.807) is 18.0 Å². The number of halogens is 1. The largest absolute Gasteiger partial charge is 0.370 e. The van der Waals surface area contributed by atoms with Crippen LogP contribution in [0.1, 0.15) is 63.4 Å². The number of ketones is 1. The van der Waals surface area contributed by atoms with E-state index >= 15 is 0 Å². The van der Waals surface area contributed by atoms with Gasteiger partial charge in [0.15, 0.2) is 0 Å². The van der Waals surface area contributed by atoms with Gasteiger partial charge in [-0.3, -0.25) is 9.48 Å². The van der Waals surface area contributed by atoms with Crippen molar-refractivity contribution in [2.24, 2.45) is 5.41 Å². The SMILES string of the molecule is CCCn1ncc(Br)c1C(=O)C1(OC)CCC(C)(C)CC1. The number of carbonyl (C=O) groups excluding carboxylic acids is 1. The van der Waals surface area contributed by atoms with Crippen molar-refractivity contribution >= 4 is 21.7 Å². The van der Waals surface area contributed by atoms with Gasteiger partial charge in [-0.2, -0.15) is 5.10 Å². The standard InChI is InChI=1S/C16H25BrN2O2/c1-5-10-19-13(12(17)11-18-19)14(20)16(21-4)8-6-15(2,3)7-9-16/h11H,5-10H2,1-4H3. The van der Waals surface area contributed by atoms with Crippen molar-refractivity contribution < 1.29 is 9.53 Å². The molecule has 1 heterocycles. The Balaban J connectivity index is 2.31. The summed E-state index contributed by atoms with van der Waals surface area (Å²) in [6.45, 7) is 7.35. The van der Waals surface area contributed by atoms with E-state index in [0.29, 0.717) is 11.1 Å². The number of ether oxygens (including phenoxy) is 1. The molecule has 0 saturated heterocycles. The molecule has 1 aromatic heterocycles. The Kier molecular flexibility index (Phi) is 4.93. The predicted octanol–water partition coefficient (Wildman–Crippen LogP) is 4.22. The highest BCUT2D eigenvalue weighted by Crippen LogP contribution is 2.43. The van der Waals surface area contributed by atoms with Crippen LogP contribution in [0.2, 0.25) is 0 Å². The summed E-state index contributed by atoms with van der Waals surface area (Å²) in [5.41, 5.74) is 0.255. The molecule has 0 N–H and O–H groups in total. The van der Waals surface area contributed by atoms with Crippen LogP contribution in [-0.2, 0) is 11.3 Å². The van der Waals surface area contributed by atoms with Crippen molar-refractivity contribution in [1.29, 1.82) is 0 Å². The summed E-state index contributed by atoms with van der Waals surface area (Å²) in [7, 11) is 1.66. The predicted molar refractivity (Wildman–Crippen MR) is 86.5 cm³/mol. The Morgan fingerprint density at radius 1 is 1.38 bits per heavy atom. The van der Waals surface area contributed by atoms with Crippen molar-refractivity contribution in [2.45, 2.75) is 65.0 Å². The maximum absolute atomic E-state index is 13.1.